The van der Waals surface area contributed by atoms with Gasteiger partial charge in [0.2, 0.25) is 0 Å². The van der Waals surface area contributed by atoms with Gasteiger partial charge in [0, 0.05) is 25.9 Å². The largest absolute Gasteiger partial charge is 0.400 e. The Hall–Kier alpha value is -1.09. The number of hydrogen-bond donors (Lipinski definition) is 1. The first-order valence-electron chi connectivity index (χ1n) is 5.46. The summed E-state index contributed by atoms with van der Waals surface area (Å²) in [7, 11) is 1.00. The van der Waals surface area contributed by atoms with Crippen LogP contribution in [0.5, 0.6) is 0 Å². The molecule has 82 valence electrons. The average molecular weight is 206 g/mol. The van der Waals surface area contributed by atoms with Crippen molar-refractivity contribution in [1.82, 2.24) is 4.98 Å². The highest BCUT2D eigenvalue weighted by molar-refractivity contribution is 5.42. The summed E-state index contributed by atoms with van der Waals surface area (Å²) in [6.07, 6.45) is 1.46. The van der Waals surface area contributed by atoms with Crippen molar-refractivity contribution in [1.29, 1.82) is 0 Å². The Kier molecular flexibility index (Phi) is 2.91. The van der Waals surface area contributed by atoms with E-state index in [1.165, 1.54) is 25.3 Å². The van der Waals surface area contributed by atoms with Crippen LogP contribution >= 0.6 is 0 Å². The molecule has 0 radical (unpaired) electrons. The topological polar surface area (TPSA) is 36.4 Å². The second-order valence-electron chi connectivity index (χ2n) is 4.30. The Morgan fingerprint density at radius 2 is 1.93 bits per heavy atom. The lowest BCUT2D eigenvalue weighted by atomic mass is 10.3. The van der Waals surface area contributed by atoms with Gasteiger partial charge in [0.05, 0.1) is 0 Å². The number of aromatic nitrogens is 1. The number of piperidine rings is 1. The van der Waals surface area contributed by atoms with E-state index in [0.29, 0.717) is 0 Å². The number of nitrogens with zero attached hydrogens (tertiary/aromatic N) is 2. The minimum absolute atomic E-state index is 0.988. The Bertz CT molecular complexity index is 330. The van der Waals surface area contributed by atoms with Gasteiger partial charge in [-0.05, 0) is 37.3 Å². The number of fused-ring (bicyclic) bond motifs is 1. The van der Waals surface area contributed by atoms with Gasteiger partial charge in [0.1, 0.15) is 5.82 Å². The number of rotatable bonds is 1. The molecule has 15 heavy (non-hydrogen) atoms. The molecule has 3 nitrogen and oxygen atoms in total. The normalized spacial score (nSPS) is 26.7. The first-order chi connectivity index (χ1) is 7.33. The molecule has 1 aliphatic carbocycles. The van der Waals surface area contributed by atoms with Crippen LogP contribution in [-0.4, -0.2) is 30.3 Å². The third-order valence-corrected chi connectivity index (χ3v) is 3.18. The van der Waals surface area contributed by atoms with Crippen LogP contribution in [0.3, 0.4) is 0 Å². The summed E-state index contributed by atoms with van der Waals surface area (Å²) in [6, 6.07) is 6.28. The number of hydrogen-bond acceptors (Lipinski definition) is 3. The van der Waals surface area contributed by atoms with E-state index in [2.05, 4.69) is 35.0 Å². The molecule has 0 spiro atoms. The highest BCUT2D eigenvalue weighted by Gasteiger charge is 2.45. The molecule has 2 atom stereocenters. The molecule has 1 N–H and O–H groups in total. The molecular weight excluding hydrogens is 188 g/mol. The molecule has 0 amide bonds. The van der Waals surface area contributed by atoms with E-state index in [1.54, 1.807) is 0 Å². The molecule has 2 heterocycles. The van der Waals surface area contributed by atoms with E-state index < -0.39 is 0 Å². The van der Waals surface area contributed by atoms with Gasteiger partial charge in [-0.1, -0.05) is 6.07 Å². The van der Waals surface area contributed by atoms with Gasteiger partial charge in [-0.25, -0.2) is 4.98 Å². The van der Waals surface area contributed by atoms with Crippen LogP contribution < -0.4 is 4.90 Å². The monoisotopic (exact) mass is 206 g/mol. The van der Waals surface area contributed by atoms with Crippen molar-refractivity contribution < 1.29 is 5.11 Å². The van der Waals surface area contributed by atoms with Crippen LogP contribution in [-0.2, 0) is 0 Å². The minimum Gasteiger partial charge on any atom is -0.400 e. The summed E-state index contributed by atoms with van der Waals surface area (Å²) in [5.74, 6) is 3.15. The summed E-state index contributed by atoms with van der Waals surface area (Å²) in [5, 5.41) is 7.00. The molecule has 3 rings (SSSR count). The van der Waals surface area contributed by atoms with Crippen molar-refractivity contribution in [3.8, 4) is 0 Å². The van der Waals surface area contributed by atoms with Gasteiger partial charge in [-0.15, -0.1) is 0 Å². The third-order valence-electron chi connectivity index (χ3n) is 3.18. The lowest BCUT2D eigenvalue weighted by Gasteiger charge is -2.18. The van der Waals surface area contributed by atoms with Crippen LogP contribution in [0.15, 0.2) is 18.2 Å². The molecule has 2 unspecified atom stereocenters. The number of anilines is 1. The number of pyridine rings is 1. The maximum Gasteiger partial charge on any atom is 0.128 e. The van der Waals surface area contributed by atoms with Crippen molar-refractivity contribution in [2.45, 2.75) is 13.3 Å². The van der Waals surface area contributed by atoms with Gasteiger partial charge >= 0.3 is 0 Å². The van der Waals surface area contributed by atoms with Gasteiger partial charge in [-0.3, -0.25) is 0 Å². The summed E-state index contributed by atoms with van der Waals surface area (Å²) in [4.78, 5) is 6.96. The highest BCUT2D eigenvalue weighted by Crippen LogP contribution is 2.45. The predicted molar refractivity (Wildman–Crippen MR) is 60.9 cm³/mol. The molecule has 1 saturated heterocycles. The van der Waals surface area contributed by atoms with E-state index >= 15 is 0 Å². The van der Waals surface area contributed by atoms with Crippen molar-refractivity contribution >= 4 is 5.82 Å². The zero-order valence-electron chi connectivity index (χ0n) is 9.35. The van der Waals surface area contributed by atoms with Crippen LogP contribution in [0.2, 0.25) is 0 Å². The zero-order chi connectivity index (χ0) is 10.8. The number of aliphatic hydroxyl groups excluding tert-OH is 1. The Morgan fingerprint density at radius 3 is 2.53 bits per heavy atom. The predicted octanol–water partition coefficient (Wildman–Crippen LogP) is 1.45. The van der Waals surface area contributed by atoms with Crippen LogP contribution in [0.25, 0.3) is 0 Å². The molecule has 1 aromatic rings. The fourth-order valence-electron chi connectivity index (χ4n) is 2.29. The summed E-state index contributed by atoms with van der Waals surface area (Å²) < 4.78 is 0. The van der Waals surface area contributed by atoms with E-state index in [0.717, 1.165) is 24.6 Å². The van der Waals surface area contributed by atoms with Crippen LogP contribution in [0, 0.1) is 18.8 Å². The van der Waals surface area contributed by atoms with E-state index in [4.69, 9.17) is 5.11 Å². The standard InChI is InChI=1S/C11H14N2.CH4O/c1-8-3-2-4-11(12-8)13-6-9-5-10(9)7-13;1-2/h2-4,9-10H,5-7H2,1H3;2H,1H3. The first-order valence-corrected chi connectivity index (χ1v) is 5.46. The molecule has 3 heteroatoms. The summed E-state index contributed by atoms with van der Waals surface area (Å²) >= 11 is 0. The van der Waals surface area contributed by atoms with Gasteiger partial charge in [0.15, 0.2) is 0 Å². The lowest BCUT2D eigenvalue weighted by Crippen LogP contribution is -2.22. The molecule has 2 fully saturated rings. The fourth-order valence-corrected chi connectivity index (χ4v) is 2.29. The molecule has 0 bridgehead atoms. The Morgan fingerprint density at radius 1 is 1.27 bits per heavy atom. The van der Waals surface area contributed by atoms with Crippen LogP contribution in [0.1, 0.15) is 12.1 Å². The minimum atomic E-state index is 0.988. The highest BCUT2D eigenvalue weighted by atomic mass is 16.2. The van der Waals surface area contributed by atoms with Gasteiger partial charge in [-0.2, -0.15) is 0 Å². The maximum absolute atomic E-state index is 7.00. The smallest absolute Gasteiger partial charge is 0.128 e. The Labute approximate surface area is 90.8 Å². The van der Waals surface area contributed by atoms with Crippen LogP contribution in [0.4, 0.5) is 5.82 Å². The second-order valence-corrected chi connectivity index (χ2v) is 4.30. The lowest BCUT2D eigenvalue weighted by molar-refractivity contribution is 0.399. The fraction of sp³-hybridized carbons (Fsp3) is 0.583. The molecular formula is C12H18N2O. The number of aryl methyl sites for hydroxylation is 1. The maximum atomic E-state index is 7.00. The Balaban J connectivity index is 0.000000404. The first kappa shape index (κ1) is 10.4. The zero-order valence-corrected chi connectivity index (χ0v) is 9.35. The van der Waals surface area contributed by atoms with E-state index in [1.807, 2.05) is 0 Å². The second kappa shape index (κ2) is 4.19. The van der Waals surface area contributed by atoms with E-state index in [9.17, 15) is 0 Å². The summed E-state index contributed by atoms with van der Waals surface area (Å²) in [6.45, 7) is 4.53. The van der Waals surface area contributed by atoms with Crippen molar-refractivity contribution in [2.75, 3.05) is 25.1 Å². The summed E-state index contributed by atoms with van der Waals surface area (Å²) in [5.41, 5.74) is 1.12. The quantitative estimate of drug-likeness (QED) is 0.755. The molecule has 0 aromatic carbocycles. The SMILES string of the molecule is CO.Cc1cccc(N2CC3CC3C2)n1. The van der Waals surface area contributed by atoms with Gasteiger partial charge < -0.3 is 10.0 Å². The van der Waals surface area contributed by atoms with Crippen molar-refractivity contribution in [3.05, 3.63) is 23.9 Å². The van der Waals surface area contributed by atoms with Gasteiger partial charge in [0.25, 0.3) is 0 Å². The number of aliphatic hydroxyl groups is 1. The van der Waals surface area contributed by atoms with Crippen molar-refractivity contribution in [2.24, 2.45) is 11.8 Å². The molecule has 2 aliphatic rings. The van der Waals surface area contributed by atoms with E-state index in [-0.39, 0.29) is 0 Å². The third kappa shape index (κ3) is 2.12. The molecule has 1 saturated carbocycles. The van der Waals surface area contributed by atoms with Crippen molar-refractivity contribution in [3.63, 3.8) is 0 Å². The molecule has 1 aromatic heterocycles. The molecule has 1 aliphatic heterocycles. The average Bonchev–Trinajstić information content (AvgIpc) is 2.89.